The molecule has 0 bridgehead atoms. The van der Waals surface area contributed by atoms with Gasteiger partial charge in [0.05, 0.1) is 39.9 Å². The van der Waals surface area contributed by atoms with Crippen molar-refractivity contribution in [2.24, 2.45) is 0 Å². The van der Waals surface area contributed by atoms with Gasteiger partial charge < -0.3 is 19.3 Å². The second-order valence-electron chi connectivity index (χ2n) is 7.19. The van der Waals surface area contributed by atoms with Gasteiger partial charge in [-0.3, -0.25) is 0 Å². The van der Waals surface area contributed by atoms with Crippen LogP contribution in [0, 0.1) is 0 Å². The number of nitrogens with zero attached hydrogens (tertiary/aromatic N) is 2. The van der Waals surface area contributed by atoms with Crippen LogP contribution in [0.25, 0.3) is 10.6 Å². The number of aromatic nitrogens is 1. The predicted octanol–water partition coefficient (Wildman–Crippen LogP) is 3.12. The number of nitrogens with one attached hydrogen (secondary N) is 1. The molecule has 0 atom stereocenters. The van der Waals surface area contributed by atoms with Crippen LogP contribution in [-0.2, 0) is 6.54 Å². The van der Waals surface area contributed by atoms with Gasteiger partial charge >= 0.3 is 0 Å². The van der Waals surface area contributed by atoms with Crippen LogP contribution in [0.2, 0.25) is 0 Å². The van der Waals surface area contributed by atoms with E-state index in [9.17, 15) is 0 Å². The van der Waals surface area contributed by atoms with Gasteiger partial charge in [0.2, 0.25) is 0 Å². The summed E-state index contributed by atoms with van der Waals surface area (Å²) >= 11 is 1.70. The lowest BCUT2D eigenvalue weighted by Gasteiger charge is -2.33. The molecule has 1 fully saturated rings. The third kappa shape index (κ3) is 4.71. The van der Waals surface area contributed by atoms with Crippen molar-refractivity contribution in [1.29, 1.82) is 0 Å². The molecule has 2 aromatic carbocycles. The van der Waals surface area contributed by atoms with E-state index in [1.165, 1.54) is 11.4 Å². The summed E-state index contributed by atoms with van der Waals surface area (Å²) in [6.45, 7) is 8.03. The second-order valence-corrected chi connectivity index (χ2v) is 8.05. The monoisotopic (exact) mass is 410 g/mol. The van der Waals surface area contributed by atoms with E-state index in [2.05, 4.69) is 46.7 Å². The Kier molecular flexibility index (Phi) is 6.32. The number of benzene rings is 2. The van der Waals surface area contributed by atoms with Gasteiger partial charge in [-0.05, 0) is 37.3 Å². The minimum Gasteiger partial charge on any atom is -0.493 e. The Bertz CT molecular complexity index is 921. The van der Waals surface area contributed by atoms with Crippen molar-refractivity contribution in [2.45, 2.75) is 13.5 Å². The molecule has 0 amide bonds. The number of thiazole rings is 1. The Morgan fingerprint density at radius 1 is 1.07 bits per heavy atom. The van der Waals surface area contributed by atoms with Gasteiger partial charge in [-0.15, -0.1) is 11.3 Å². The molecule has 0 unspecified atom stereocenters. The zero-order valence-corrected chi connectivity index (χ0v) is 17.9. The number of piperazine rings is 1. The number of rotatable bonds is 7. The largest absolute Gasteiger partial charge is 0.493 e. The van der Waals surface area contributed by atoms with Crippen molar-refractivity contribution in [3.63, 3.8) is 0 Å². The Labute approximate surface area is 176 Å². The number of quaternary nitrogens is 1. The average molecular weight is 411 g/mol. The zero-order valence-electron chi connectivity index (χ0n) is 17.1. The molecule has 1 N–H and O–H groups in total. The fourth-order valence-corrected chi connectivity index (χ4v) is 4.57. The summed E-state index contributed by atoms with van der Waals surface area (Å²) in [5, 5.41) is 3.22. The normalized spacial score (nSPS) is 14.8. The van der Waals surface area contributed by atoms with Gasteiger partial charge in [0, 0.05) is 16.6 Å². The topological polar surface area (TPSA) is 39.0 Å². The van der Waals surface area contributed by atoms with Crippen LogP contribution >= 0.6 is 11.3 Å². The Morgan fingerprint density at radius 3 is 2.59 bits per heavy atom. The standard InChI is InChI=1S/C23H27N3O2S/c1-3-28-21-10-9-18(15-22(21)27-2)23-24-19(17-29-23)16-25-11-13-26(14-12-25)20-7-5-4-6-8-20/h4-10,15,17H,3,11-14,16H2,1-2H3/p+1. The third-order valence-corrected chi connectivity index (χ3v) is 6.23. The first-order valence-corrected chi connectivity index (χ1v) is 11.0. The highest BCUT2D eigenvalue weighted by Crippen LogP contribution is 2.33. The molecule has 5 nitrogen and oxygen atoms in total. The number of ether oxygens (including phenoxy) is 2. The fourth-order valence-electron chi connectivity index (χ4n) is 3.75. The summed E-state index contributed by atoms with van der Waals surface area (Å²) in [5.74, 6) is 1.53. The Balaban J connectivity index is 1.38. The summed E-state index contributed by atoms with van der Waals surface area (Å²) in [6.07, 6.45) is 0. The highest BCUT2D eigenvalue weighted by atomic mass is 32.1. The molecule has 152 valence electrons. The molecule has 1 aliphatic heterocycles. The van der Waals surface area contributed by atoms with Crippen molar-refractivity contribution >= 4 is 17.0 Å². The van der Waals surface area contributed by atoms with E-state index in [-0.39, 0.29) is 0 Å². The van der Waals surface area contributed by atoms with Crippen LogP contribution in [0.3, 0.4) is 0 Å². The number of anilines is 1. The van der Waals surface area contributed by atoms with E-state index < -0.39 is 0 Å². The number of methoxy groups -OCH3 is 1. The number of hydrogen-bond acceptors (Lipinski definition) is 5. The lowest BCUT2D eigenvalue weighted by molar-refractivity contribution is -0.914. The van der Waals surface area contributed by atoms with Crippen LogP contribution in [0.1, 0.15) is 12.6 Å². The zero-order chi connectivity index (χ0) is 20.1. The molecule has 0 aliphatic carbocycles. The van der Waals surface area contributed by atoms with E-state index in [0.29, 0.717) is 6.61 Å². The molecule has 0 saturated carbocycles. The average Bonchev–Trinajstić information content (AvgIpc) is 3.24. The van der Waals surface area contributed by atoms with Crippen LogP contribution in [0.5, 0.6) is 11.5 Å². The first kappa shape index (κ1) is 19.7. The van der Waals surface area contributed by atoms with E-state index in [0.717, 1.165) is 54.8 Å². The van der Waals surface area contributed by atoms with E-state index in [1.807, 2.05) is 19.1 Å². The van der Waals surface area contributed by atoms with E-state index >= 15 is 0 Å². The number of para-hydroxylation sites is 1. The molecule has 0 spiro atoms. The maximum atomic E-state index is 5.62. The second kappa shape index (κ2) is 9.29. The van der Waals surface area contributed by atoms with Gasteiger partial charge in [-0.2, -0.15) is 0 Å². The molecule has 0 radical (unpaired) electrons. The highest BCUT2D eigenvalue weighted by Gasteiger charge is 2.21. The van der Waals surface area contributed by atoms with Crippen LogP contribution in [-0.4, -0.2) is 44.9 Å². The van der Waals surface area contributed by atoms with Crippen molar-refractivity contribution in [2.75, 3.05) is 44.8 Å². The highest BCUT2D eigenvalue weighted by molar-refractivity contribution is 7.13. The minimum atomic E-state index is 0.622. The Hall–Kier alpha value is -2.57. The summed E-state index contributed by atoms with van der Waals surface area (Å²) in [4.78, 5) is 8.96. The predicted molar refractivity (Wildman–Crippen MR) is 118 cm³/mol. The third-order valence-electron chi connectivity index (χ3n) is 5.29. The summed E-state index contributed by atoms with van der Waals surface area (Å²) in [6, 6.07) is 16.7. The smallest absolute Gasteiger partial charge is 0.161 e. The first-order chi connectivity index (χ1) is 14.3. The van der Waals surface area contributed by atoms with Crippen LogP contribution < -0.4 is 19.3 Å². The molecule has 1 saturated heterocycles. The van der Waals surface area contributed by atoms with E-state index in [4.69, 9.17) is 14.5 Å². The molecule has 1 aliphatic rings. The van der Waals surface area contributed by atoms with Gasteiger partial charge in [0.25, 0.3) is 0 Å². The molecule has 1 aromatic heterocycles. The van der Waals surface area contributed by atoms with Gasteiger partial charge in [-0.1, -0.05) is 18.2 Å². The lowest BCUT2D eigenvalue weighted by atomic mass is 10.2. The fraction of sp³-hybridized carbons (Fsp3) is 0.348. The molecule has 29 heavy (non-hydrogen) atoms. The van der Waals surface area contributed by atoms with Crippen molar-refractivity contribution in [3.8, 4) is 22.1 Å². The molecular weight excluding hydrogens is 382 g/mol. The quantitative estimate of drug-likeness (QED) is 0.650. The first-order valence-electron chi connectivity index (χ1n) is 10.2. The number of hydrogen-bond donors (Lipinski definition) is 1. The summed E-state index contributed by atoms with van der Waals surface area (Å²) in [7, 11) is 1.67. The summed E-state index contributed by atoms with van der Waals surface area (Å²) < 4.78 is 11.1. The van der Waals surface area contributed by atoms with Crippen molar-refractivity contribution in [1.82, 2.24) is 4.98 Å². The van der Waals surface area contributed by atoms with Crippen molar-refractivity contribution in [3.05, 3.63) is 59.6 Å². The maximum absolute atomic E-state index is 5.62. The van der Waals surface area contributed by atoms with Crippen LogP contribution in [0.15, 0.2) is 53.9 Å². The minimum absolute atomic E-state index is 0.622. The van der Waals surface area contributed by atoms with E-state index in [1.54, 1.807) is 23.3 Å². The van der Waals surface area contributed by atoms with Gasteiger partial charge in [0.15, 0.2) is 11.5 Å². The molecule has 6 heteroatoms. The summed E-state index contributed by atoms with van der Waals surface area (Å²) in [5.41, 5.74) is 3.57. The molecule has 2 heterocycles. The van der Waals surface area contributed by atoms with Crippen molar-refractivity contribution < 1.29 is 14.4 Å². The van der Waals surface area contributed by atoms with Gasteiger partial charge in [-0.25, -0.2) is 4.98 Å². The van der Waals surface area contributed by atoms with Gasteiger partial charge in [0.1, 0.15) is 17.2 Å². The maximum Gasteiger partial charge on any atom is 0.161 e. The SMILES string of the molecule is CCOc1ccc(-c2nc(C[NH+]3CCN(c4ccccc4)CC3)cs2)cc1OC. The molecular formula is C23H28N3O2S+. The Morgan fingerprint density at radius 2 is 1.86 bits per heavy atom. The molecule has 3 aromatic rings. The van der Waals surface area contributed by atoms with Crippen LogP contribution in [0.4, 0.5) is 5.69 Å². The lowest BCUT2D eigenvalue weighted by Crippen LogP contribution is -3.13. The molecule has 4 rings (SSSR count).